The molecule has 0 unspecified atom stereocenters. The maximum atomic E-state index is 12.1. The van der Waals surface area contributed by atoms with Crippen LogP contribution in [0.2, 0.25) is 0 Å². The van der Waals surface area contributed by atoms with Crippen LogP contribution >= 0.6 is 11.8 Å². The number of nitrogens with one attached hydrogen (secondary N) is 1. The van der Waals surface area contributed by atoms with E-state index in [1.807, 2.05) is 51.1 Å². The van der Waals surface area contributed by atoms with Gasteiger partial charge >= 0.3 is 0 Å². The lowest BCUT2D eigenvalue weighted by molar-refractivity contribution is -0.118. The lowest BCUT2D eigenvalue weighted by Crippen LogP contribution is -2.29. The minimum Gasteiger partial charge on any atom is -0.354 e. The summed E-state index contributed by atoms with van der Waals surface area (Å²) in [7, 11) is 0. The van der Waals surface area contributed by atoms with Gasteiger partial charge in [-0.25, -0.2) is 15.0 Å². The predicted octanol–water partition coefficient (Wildman–Crippen LogP) is 2.66. The highest BCUT2D eigenvalue weighted by Gasteiger charge is 2.08. The van der Waals surface area contributed by atoms with Crippen molar-refractivity contribution in [2.75, 3.05) is 12.3 Å². The van der Waals surface area contributed by atoms with Gasteiger partial charge in [0.1, 0.15) is 5.82 Å². The third kappa shape index (κ3) is 4.36. The van der Waals surface area contributed by atoms with E-state index in [1.165, 1.54) is 11.8 Å². The number of nitrogens with zero attached hydrogens (tertiary/aromatic N) is 4. The van der Waals surface area contributed by atoms with Crippen molar-refractivity contribution in [1.29, 1.82) is 0 Å². The number of aryl methyl sites for hydroxylation is 3. The normalized spacial score (nSPS) is 11.0. The second-order valence-electron chi connectivity index (χ2n) is 5.87. The molecule has 0 saturated heterocycles. The van der Waals surface area contributed by atoms with E-state index < -0.39 is 0 Å². The molecule has 0 atom stereocenters. The number of carbonyl (C=O) groups is 1. The molecule has 0 fully saturated rings. The zero-order chi connectivity index (χ0) is 17.8. The maximum absolute atomic E-state index is 12.1. The van der Waals surface area contributed by atoms with Crippen molar-refractivity contribution in [1.82, 2.24) is 24.8 Å². The van der Waals surface area contributed by atoms with Gasteiger partial charge in [0, 0.05) is 24.5 Å². The summed E-state index contributed by atoms with van der Waals surface area (Å²) in [4.78, 5) is 25.2. The van der Waals surface area contributed by atoms with Gasteiger partial charge in [-0.05, 0) is 39.0 Å². The number of fused-ring (bicyclic) bond motifs is 1. The van der Waals surface area contributed by atoms with Gasteiger partial charge in [0.05, 0.1) is 16.8 Å². The highest BCUT2D eigenvalue weighted by atomic mass is 32.2. The third-order valence-corrected chi connectivity index (χ3v) is 4.64. The van der Waals surface area contributed by atoms with Crippen molar-refractivity contribution in [3.05, 3.63) is 47.5 Å². The van der Waals surface area contributed by atoms with Crippen LogP contribution in [0.15, 0.2) is 35.5 Å². The Balaban J connectivity index is 1.51. The second kappa shape index (κ2) is 7.65. The number of hydrogen-bond acceptors (Lipinski definition) is 5. The van der Waals surface area contributed by atoms with Crippen molar-refractivity contribution in [2.24, 2.45) is 0 Å². The van der Waals surface area contributed by atoms with Crippen LogP contribution in [0.3, 0.4) is 0 Å². The maximum Gasteiger partial charge on any atom is 0.230 e. The highest BCUT2D eigenvalue weighted by molar-refractivity contribution is 7.99. The van der Waals surface area contributed by atoms with E-state index in [-0.39, 0.29) is 5.91 Å². The van der Waals surface area contributed by atoms with E-state index >= 15 is 0 Å². The molecule has 0 bridgehead atoms. The van der Waals surface area contributed by atoms with Crippen molar-refractivity contribution in [2.45, 2.75) is 32.5 Å². The molecule has 1 aromatic carbocycles. The average Bonchev–Trinajstić information content (AvgIpc) is 2.88. The Hall–Kier alpha value is -2.41. The molecule has 2 aromatic heterocycles. The Labute approximate surface area is 151 Å². The summed E-state index contributed by atoms with van der Waals surface area (Å²) >= 11 is 1.36. The summed E-state index contributed by atoms with van der Waals surface area (Å²) in [5, 5.41) is 3.59. The molecule has 0 spiro atoms. The smallest absolute Gasteiger partial charge is 0.230 e. The van der Waals surface area contributed by atoms with Crippen molar-refractivity contribution < 1.29 is 4.79 Å². The number of benzene rings is 1. The van der Waals surface area contributed by atoms with Gasteiger partial charge < -0.3 is 9.88 Å². The molecule has 2 heterocycles. The lowest BCUT2D eigenvalue weighted by atomic mass is 10.3. The van der Waals surface area contributed by atoms with Crippen molar-refractivity contribution in [3.8, 4) is 0 Å². The minimum absolute atomic E-state index is 0.0187. The molecular weight excluding hydrogens is 334 g/mol. The third-order valence-electron chi connectivity index (χ3n) is 3.80. The number of aromatic nitrogens is 4. The number of rotatable bonds is 6. The van der Waals surface area contributed by atoms with Crippen LogP contribution < -0.4 is 5.32 Å². The fourth-order valence-corrected chi connectivity index (χ4v) is 3.50. The molecule has 0 aliphatic heterocycles. The average molecular weight is 355 g/mol. The molecule has 1 amide bonds. The van der Waals surface area contributed by atoms with Crippen molar-refractivity contribution in [3.63, 3.8) is 0 Å². The van der Waals surface area contributed by atoms with Gasteiger partial charge in [0.2, 0.25) is 5.91 Å². The van der Waals surface area contributed by atoms with E-state index in [0.717, 1.165) is 28.2 Å². The summed E-state index contributed by atoms with van der Waals surface area (Å²) in [6, 6.07) is 9.94. The van der Waals surface area contributed by atoms with E-state index in [9.17, 15) is 4.79 Å². The zero-order valence-corrected chi connectivity index (χ0v) is 15.4. The molecule has 6 nitrogen and oxygen atoms in total. The summed E-state index contributed by atoms with van der Waals surface area (Å²) < 4.78 is 2.12. The number of carbonyl (C=O) groups excluding carboxylic acids is 1. The Kier molecular flexibility index (Phi) is 5.33. The topological polar surface area (TPSA) is 72.7 Å². The summed E-state index contributed by atoms with van der Waals surface area (Å²) in [6.07, 6.45) is 0. The summed E-state index contributed by atoms with van der Waals surface area (Å²) in [5.74, 6) is 1.25. The van der Waals surface area contributed by atoms with E-state index in [4.69, 9.17) is 0 Å². The van der Waals surface area contributed by atoms with Gasteiger partial charge in [-0.3, -0.25) is 4.79 Å². The Morgan fingerprint density at radius 3 is 2.60 bits per heavy atom. The van der Waals surface area contributed by atoms with Gasteiger partial charge in [0.25, 0.3) is 0 Å². The van der Waals surface area contributed by atoms with Crippen LogP contribution in [0.1, 0.15) is 17.2 Å². The van der Waals surface area contributed by atoms with Crippen molar-refractivity contribution >= 4 is 28.7 Å². The van der Waals surface area contributed by atoms with Crippen LogP contribution in [-0.4, -0.2) is 37.7 Å². The van der Waals surface area contributed by atoms with E-state index in [1.54, 1.807) is 0 Å². The Bertz CT molecular complexity index is 885. The van der Waals surface area contributed by atoms with Crippen LogP contribution in [0.4, 0.5) is 0 Å². The van der Waals surface area contributed by atoms with Gasteiger partial charge in [-0.2, -0.15) is 0 Å². The molecule has 1 N–H and O–H groups in total. The quantitative estimate of drug-likeness (QED) is 0.544. The van der Waals surface area contributed by atoms with E-state index in [2.05, 4.69) is 24.8 Å². The number of para-hydroxylation sites is 2. The van der Waals surface area contributed by atoms with Gasteiger partial charge in [-0.15, -0.1) is 0 Å². The fourth-order valence-electron chi connectivity index (χ4n) is 2.72. The molecular formula is C18H21N5OS. The second-order valence-corrected chi connectivity index (χ2v) is 6.81. The standard InChI is InChI=1S/C18H21N5OS/c1-12-10-13(2)21-18(20-12)25-11-17(24)19-8-9-23-14(3)22-15-6-4-5-7-16(15)23/h4-7,10H,8-9,11H2,1-3H3,(H,19,24). The van der Waals surface area contributed by atoms with Crippen LogP contribution in [-0.2, 0) is 11.3 Å². The Morgan fingerprint density at radius 2 is 1.84 bits per heavy atom. The largest absolute Gasteiger partial charge is 0.354 e. The van der Waals surface area contributed by atoms with Gasteiger partial charge in [0.15, 0.2) is 5.16 Å². The fraction of sp³-hybridized carbons (Fsp3) is 0.333. The Morgan fingerprint density at radius 1 is 1.12 bits per heavy atom. The molecule has 25 heavy (non-hydrogen) atoms. The summed E-state index contributed by atoms with van der Waals surface area (Å²) in [5.41, 5.74) is 3.90. The number of amides is 1. The molecule has 0 saturated carbocycles. The van der Waals surface area contributed by atoms with Crippen LogP contribution in [0.5, 0.6) is 0 Å². The number of hydrogen-bond donors (Lipinski definition) is 1. The molecule has 7 heteroatoms. The lowest BCUT2D eigenvalue weighted by Gasteiger charge is -2.08. The zero-order valence-electron chi connectivity index (χ0n) is 14.6. The van der Waals surface area contributed by atoms with E-state index in [0.29, 0.717) is 24.0 Å². The molecule has 3 rings (SSSR count). The first-order valence-corrected chi connectivity index (χ1v) is 9.15. The summed E-state index contributed by atoms with van der Waals surface area (Å²) in [6.45, 7) is 7.10. The molecule has 0 aliphatic rings. The van der Waals surface area contributed by atoms with Gasteiger partial charge in [-0.1, -0.05) is 23.9 Å². The first-order valence-electron chi connectivity index (χ1n) is 8.16. The molecule has 130 valence electrons. The monoisotopic (exact) mass is 355 g/mol. The SMILES string of the molecule is Cc1cc(C)nc(SCC(=O)NCCn2c(C)nc3ccccc32)n1. The molecule has 0 aliphatic carbocycles. The first kappa shape index (κ1) is 17.4. The number of imidazole rings is 1. The molecule has 0 radical (unpaired) electrons. The predicted molar refractivity (Wildman–Crippen MR) is 99.7 cm³/mol. The first-order chi connectivity index (χ1) is 12.0. The number of thioether (sulfide) groups is 1. The van der Waals surface area contributed by atoms with Crippen LogP contribution in [0.25, 0.3) is 11.0 Å². The molecule has 3 aromatic rings. The minimum atomic E-state index is -0.0187. The van der Waals surface area contributed by atoms with Crippen LogP contribution in [0, 0.1) is 20.8 Å². The highest BCUT2D eigenvalue weighted by Crippen LogP contribution is 2.15.